The van der Waals surface area contributed by atoms with E-state index in [0.29, 0.717) is 37.3 Å². The Morgan fingerprint density at radius 3 is 2.73 bits per heavy atom. The monoisotopic (exact) mass is 498 g/mol. The number of ether oxygens (including phenoxy) is 1. The van der Waals surface area contributed by atoms with Gasteiger partial charge in [0, 0.05) is 35.7 Å². The van der Waals surface area contributed by atoms with E-state index in [2.05, 4.69) is 16.4 Å². The number of nitrogens with zero attached hydrogens (tertiary/aromatic N) is 2. The second-order valence-corrected chi connectivity index (χ2v) is 9.90. The Bertz CT molecular complexity index is 1360. The van der Waals surface area contributed by atoms with Crippen molar-refractivity contribution in [1.82, 2.24) is 15.2 Å². The molecule has 1 aliphatic carbocycles. The molecule has 3 aromatic rings. The Morgan fingerprint density at radius 2 is 2.03 bits per heavy atom. The first kappa shape index (κ1) is 24.6. The number of nitriles is 1. The minimum Gasteiger partial charge on any atom is -0.496 e. The van der Waals surface area contributed by atoms with E-state index in [-0.39, 0.29) is 29.4 Å². The highest BCUT2D eigenvalue weighted by Gasteiger charge is 2.41. The van der Waals surface area contributed by atoms with Crippen LogP contribution in [0.1, 0.15) is 54.1 Å². The second kappa shape index (κ2) is 10.5. The minimum atomic E-state index is -0.774. The van der Waals surface area contributed by atoms with Crippen molar-refractivity contribution >= 4 is 28.5 Å². The Hall–Kier alpha value is -4.12. The predicted octanol–water partition coefficient (Wildman–Crippen LogP) is 3.94. The Kier molecular flexibility index (Phi) is 6.95. The molecule has 2 heterocycles. The highest BCUT2D eigenvalue weighted by Crippen LogP contribution is 2.34. The molecule has 37 heavy (non-hydrogen) atoms. The molecular formula is C29H30N4O4. The van der Waals surface area contributed by atoms with Gasteiger partial charge in [-0.2, -0.15) is 5.26 Å². The molecule has 0 spiro atoms. The SMILES string of the molecule is COc1cccc2[nH]c(C(=O)N3CC(c4ccccc4)CC3C(=O)NC(C#N)CC3CCCC3=O)cc12. The number of carbonyl (C=O) groups is 3. The summed E-state index contributed by atoms with van der Waals surface area (Å²) in [7, 11) is 1.58. The molecule has 2 aromatic carbocycles. The number of fused-ring (bicyclic) bond motifs is 1. The van der Waals surface area contributed by atoms with E-state index >= 15 is 0 Å². The molecule has 2 aliphatic rings. The minimum absolute atomic E-state index is 0.0169. The first-order valence-corrected chi connectivity index (χ1v) is 12.7. The van der Waals surface area contributed by atoms with E-state index in [9.17, 15) is 19.6 Å². The molecule has 190 valence electrons. The summed E-state index contributed by atoms with van der Waals surface area (Å²) in [5.74, 6) is -0.0373. The largest absolute Gasteiger partial charge is 0.496 e. The highest BCUT2D eigenvalue weighted by atomic mass is 16.5. The Labute approximate surface area is 215 Å². The lowest BCUT2D eigenvalue weighted by atomic mass is 9.95. The van der Waals surface area contributed by atoms with Crippen molar-refractivity contribution in [2.75, 3.05) is 13.7 Å². The number of H-pyrrole nitrogens is 1. The molecule has 2 amide bonds. The van der Waals surface area contributed by atoms with Crippen LogP contribution in [0.25, 0.3) is 10.9 Å². The molecule has 1 saturated carbocycles. The van der Waals surface area contributed by atoms with Crippen LogP contribution >= 0.6 is 0 Å². The summed E-state index contributed by atoms with van der Waals surface area (Å²) in [5.41, 5.74) is 2.20. The summed E-state index contributed by atoms with van der Waals surface area (Å²) in [6, 6.07) is 17.8. The lowest BCUT2D eigenvalue weighted by Crippen LogP contribution is -2.49. The van der Waals surface area contributed by atoms with E-state index in [4.69, 9.17) is 4.74 Å². The number of amides is 2. The second-order valence-electron chi connectivity index (χ2n) is 9.90. The topological polar surface area (TPSA) is 115 Å². The molecule has 8 heteroatoms. The number of benzene rings is 2. The lowest BCUT2D eigenvalue weighted by molar-refractivity contribution is -0.126. The van der Waals surface area contributed by atoms with Crippen molar-refractivity contribution in [3.8, 4) is 11.8 Å². The van der Waals surface area contributed by atoms with Gasteiger partial charge in [0.25, 0.3) is 5.91 Å². The van der Waals surface area contributed by atoms with Gasteiger partial charge in [-0.05, 0) is 49.4 Å². The van der Waals surface area contributed by atoms with Crippen molar-refractivity contribution in [1.29, 1.82) is 5.26 Å². The van der Waals surface area contributed by atoms with Crippen LogP contribution in [0.3, 0.4) is 0 Å². The van der Waals surface area contributed by atoms with Gasteiger partial charge < -0.3 is 19.9 Å². The number of likely N-dealkylation sites (tertiary alicyclic amines) is 1. The molecule has 0 radical (unpaired) electrons. The quantitative estimate of drug-likeness (QED) is 0.512. The molecule has 2 N–H and O–H groups in total. The fourth-order valence-corrected chi connectivity index (χ4v) is 5.68. The van der Waals surface area contributed by atoms with E-state index in [1.807, 2.05) is 48.5 Å². The molecule has 8 nitrogen and oxygen atoms in total. The fraction of sp³-hybridized carbons (Fsp3) is 0.379. The van der Waals surface area contributed by atoms with Gasteiger partial charge in [-0.3, -0.25) is 14.4 Å². The predicted molar refractivity (Wildman–Crippen MR) is 138 cm³/mol. The molecule has 4 unspecified atom stereocenters. The summed E-state index contributed by atoms with van der Waals surface area (Å²) in [4.78, 5) is 44.1. The van der Waals surface area contributed by atoms with Gasteiger partial charge in [0.2, 0.25) is 5.91 Å². The smallest absolute Gasteiger partial charge is 0.271 e. The van der Waals surface area contributed by atoms with Crippen LogP contribution < -0.4 is 10.1 Å². The zero-order chi connectivity index (χ0) is 25.9. The first-order valence-electron chi connectivity index (χ1n) is 12.7. The third kappa shape index (κ3) is 4.94. The molecule has 1 aliphatic heterocycles. The zero-order valence-corrected chi connectivity index (χ0v) is 20.8. The number of aromatic amines is 1. The zero-order valence-electron chi connectivity index (χ0n) is 20.8. The van der Waals surface area contributed by atoms with Crippen LogP contribution in [-0.4, -0.2) is 53.2 Å². The summed E-state index contributed by atoms with van der Waals surface area (Å²) in [5, 5.41) is 13.3. The van der Waals surface area contributed by atoms with Crippen LogP contribution in [-0.2, 0) is 9.59 Å². The number of nitrogens with one attached hydrogen (secondary N) is 2. The van der Waals surface area contributed by atoms with Crippen molar-refractivity contribution in [2.24, 2.45) is 5.92 Å². The molecule has 1 aromatic heterocycles. The van der Waals surface area contributed by atoms with Crippen molar-refractivity contribution in [2.45, 2.75) is 50.1 Å². The fourth-order valence-electron chi connectivity index (χ4n) is 5.68. The maximum atomic E-state index is 13.7. The first-order chi connectivity index (χ1) is 18.0. The Balaban J connectivity index is 1.40. The maximum Gasteiger partial charge on any atom is 0.271 e. The van der Waals surface area contributed by atoms with Gasteiger partial charge >= 0.3 is 0 Å². The number of hydrogen-bond donors (Lipinski definition) is 2. The van der Waals surface area contributed by atoms with Crippen LogP contribution in [0.2, 0.25) is 0 Å². The van der Waals surface area contributed by atoms with Gasteiger partial charge in [-0.1, -0.05) is 36.4 Å². The van der Waals surface area contributed by atoms with Crippen LogP contribution in [0, 0.1) is 17.2 Å². The summed E-state index contributed by atoms with van der Waals surface area (Å²) in [6.07, 6.45) is 2.88. The summed E-state index contributed by atoms with van der Waals surface area (Å²) < 4.78 is 5.43. The number of rotatable bonds is 7. The molecule has 0 bridgehead atoms. The number of Topliss-reactive ketones (excluding diaryl/α,β-unsaturated/α-hetero) is 1. The number of methoxy groups -OCH3 is 1. The third-order valence-electron chi connectivity index (χ3n) is 7.63. The number of aromatic nitrogens is 1. The number of hydrogen-bond acceptors (Lipinski definition) is 5. The van der Waals surface area contributed by atoms with E-state index in [1.165, 1.54) is 0 Å². The molecule has 1 saturated heterocycles. The van der Waals surface area contributed by atoms with Gasteiger partial charge in [0.1, 0.15) is 29.3 Å². The maximum absolute atomic E-state index is 13.7. The normalized spacial score (nSPS) is 22.1. The van der Waals surface area contributed by atoms with E-state index in [0.717, 1.165) is 29.3 Å². The van der Waals surface area contributed by atoms with Crippen LogP contribution in [0.15, 0.2) is 54.6 Å². The third-order valence-corrected chi connectivity index (χ3v) is 7.63. The molecule has 2 fully saturated rings. The van der Waals surface area contributed by atoms with Gasteiger partial charge in [-0.25, -0.2) is 0 Å². The van der Waals surface area contributed by atoms with E-state index in [1.54, 1.807) is 18.1 Å². The molecule has 4 atom stereocenters. The average Bonchev–Trinajstić information content (AvgIpc) is 3.66. The van der Waals surface area contributed by atoms with Gasteiger partial charge in [0.05, 0.1) is 13.2 Å². The van der Waals surface area contributed by atoms with Crippen molar-refractivity contribution in [3.63, 3.8) is 0 Å². The Morgan fingerprint density at radius 1 is 1.22 bits per heavy atom. The summed E-state index contributed by atoms with van der Waals surface area (Å²) >= 11 is 0. The van der Waals surface area contributed by atoms with E-state index < -0.39 is 12.1 Å². The van der Waals surface area contributed by atoms with Crippen LogP contribution in [0.5, 0.6) is 5.75 Å². The molecular weight excluding hydrogens is 468 g/mol. The number of ketones is 1. The standard InChI is InChI=1S/C29H30N4O4/c1-37-27-12-6-10-23-22(27)15-24(32-23)29(36)33-17-20(18-7-3-2-4-8-18)14-25(33)28(35)31-21(16-30)13-19-9-5-11-26(19)34/h2-4,6-8,10,12,15,19-21,25,32H,5,9,11,13-14,17H2,1H3,(H,31,35). The lowest BCUT2D eigenvalue weighted by Gasteiger charge is -2.25. The highest BCUT2D eigenvalue weighted by molar-refractivity contribution is 6.02. The molecule has 5 rings (SSSR count). The number of carbonyl (C=O) groups excluding carboxylic acids is 3. The van der Waals surface area contributed by atoms with Crippen LogP contribution in [0.4, 0.5) is 0 Å². The van der Waals surface area contributed by atoms with Crippen molar-refractivity contribution in [3.05, 3.63) is 65.9 Å². The van der Waals surface area contributed by atoms with Gasteiger partial charge in [-0.15, -0.1) is 0 Å². The average molecular weight is 499 g/mol. The van der Waals surface area contributed by atoms with Gasteiger partial charge in [0.15, 0.2) is 0 Å². The summed E-state index contributed by atoms with van der Waals surface area (Å²) in [6.45, 7) is 0.381. The van der Waals surface area contributed by atoms with Crippen molar-refractivity contribution < 1.29 is 19.1 Å².